The van der Waals surface area contributed by atoms with Gasteiger partial charge in [0.05, 0.1) is 11.4 Å². The van der Waals surface area contributed by atoms with Crippen molar-refractivity contribution in [3.63, 3.8) is 0 Å². The van der Waals surface area contributed by atoms with Gasteiger partial charge in [-0.2, -0.15) is 0 Å². The standard InChI is InChI=1S/C18H18F2N4O3S/c1-11-15(12(2)27-23-11)7-8-21-18-6-4-14(10-22-18)28(25,26)24-13-3-5-16(19)17(20)9-13/h3-6,9-10,24H,7-8H2,1-2H3,(H,21,22). The highest BCUT2D eigenvalue weighted by atomic mass is 32.2. The Kier molecular flexibility index (Phi) is 5.59. The molecule has 2 N–H and O–H groups in total. The average molecular weight is 408 g/mol. The van der Waals surface area contributed by atoms with E-state index >= 15 is 0 Å². The Morgan fingerprint density at radius 2 is 1.89 bits per heavy atom. The molecule has 7 nitrogen and oxygen atoms in total. The molecule has 148 valence electrons. The highest BCUT2D eigenvalue weighted by Gasteiger charge is 2.16. The lowest BCUT2D eigenvalue weighted by molar-refractivity contribution is 0.392. The molecule has 10 heteroatoms. The SMILES string of the molecule is Cc1noc(C)c1CCNc1ccc(S(=O)(=O)Nc2ccc(F)c(F)c2)cn1. The van der Waals surface area contributed by atoms with Crippen LogP contribution in [0.3, 0.4) is 0 Å². The number of hydrogen-bond acceptors (Lipinski definition) is 6. The van der Waals surface area contributed by atoms with Crippen LogP contribution in [0.1, 0.15) is 17.0 Å². The first-order valence-corrected chi connectivity index (χ1v) is 9.84. The maximum atomic E-state index is 13.2. The second kappa shape index (κ2) is 7.93. The minimum atomic E-state index is -3.98. The molecule has 0 unspecified atom stereocenters. The molecule has 0 fully saturated rings. The number of pyridine rings is 1. The summed E-state index contributed by atoms with van der Waals surface area (Å²) in [5.74, 6) is -0.941. The number of nitrogens with zero attached hydrogens (tertiary/aromatic N) is 2. The molecule has 3 aromatic rings. The first kappa shape index (κ1) is 19.7. The summed E-state index contributed by atoms with van der Waals surface area (Å²) >= 11 is 0. The summed E-state index contributed by atoms with van der Waals surface area (Å²) in [5.41, 5.74) is 1.76. The van der Waals surface area contributed by atoms with Crippen LogP contribution in [0.5, 0.6) is 0 Å². The molecule has 0 aliphatic carbocycles. The predicted octanol–water partition coefficient (Wildman–Crippen LogP) is 3.42. The van der Waals surface area contributed by atoms with Crippen LogP contribution in [0.4, 0.5) is 20.3 Å². The van der Waals surface area contributed by atoms with Gasteiger partial charge in [0.25, 0.3) is 10.0 Å². The lowest BCUT2D eigenvalue weighted by Crippen LogP contribution is -2.14. The Balaban J connectivity index is 1.63. The van der Waals surface area contributed by atoms with Crippen LogP contribution in [0.15, 0.2) is 45.9 Å². The summed E-state index contributed by atoms with van der Waals surface area (Å²) in [6.45, 7) is 4.27. The number of anilines is 2. The maximum Gasteiger partial charge on any atom is 0.263 e. The summed E-state index contributed by atoms with van der Waals surface area (Å²) < 4.78 is 58.2. The van der Waals surface area contributed by atoms with Gasteiger partial charge in [0.2, 0.25) is 0 Å². The molecule has 2 aromatic heterocycles. The highest BCUT2D eigenvalue weighted by molar-refractivity contribution is 7.92. The minimum Gasteiger partial charge on any atom is -0.370 e. The molecular weight excluding hydrogens is 390 g/mol. The number of hydrogen-bond donors (Lipinski definition) is 2. The van der Waals surface area contributed by atoms with Crippen LogP contribution >= 0.6 is 0 Å². The molecule has 3 rings (SSSR count). The smallest absolute Gasteiger partial charge is 0.263 e. The zero-order valence-electron chi connectivity index (χ0n) is 15.2. The number of halogens is 2. The Bertz CT molecular complexity index is 1060. The number of benzene rings is 1. The molecule has 0 amide bonds. The molecule has 28 heavy (non-hydrogen) atoms. The Morgan fingerprint density at radius 1 is 1.11 bits per heavy atom. The van der Waals surface area contributed by atoms with Crippen LogP contribution < -0.4 is 10.0 Å². The molecule has 1 aromatic carbocycles. The molecular formula is C18H18F2N4O3S. The van der Waals surface area contributed by atoms with E-state index in [0.717, 1.165) is 35.2 Å². The first-order valence-electron chi connectivity index (χ1n) is 8.36. The third-order valence-electron chi connectivity index (χ3n) is 4.08. The largest absolute Gasteiger partial charge is 0.370 e. The van der Waals surface area contributed by atoms with Gasteiger partial charge in [-0.05, 0) is 44.5 Å². The topological polar surface area (TPSA) is 97.1 Å². The summed E-state index contributed by atoms with van der Waals surface area (Å²) in [7, 11) is -3.98. The fourth-order valence-corrected chi connectivity index (χ4v) is 3.59. The van der Waals surface area contributed by atoms with Gasteiger partial charge in [-0.1, -0.05) is 5.16 Å². The van der Waals surface area contributed by atoms with E-state index < -0.39 is 21.7 Å². The molecule has 2 heterocycles. The number of nitrogens with one attached hydrogen (secondary N) is 2. The second-order valence-electron chi connectivity index (χ2n) is 6.09. The maximum absolute atomic E-state index is 13.2. The Morgan fingerprint density at radius 3 is 2.50 bits per heavy atom. The highest BCUT2D eigenvalue weighted by Crippen LogP contribution is 2.19. The van der Waals surface area contributed by atoms with Crippen LogP contribution in [-0.4, -0.2) is 25.1 Å². The van der Waals surface area contributed by atoms with Crippen molar-refractivity contribution in [2.75, 3.05) is 16.6 Å². The number of rotatable bonds is 7. The van der Waals surface area contributed by atoms with Crippen molar-refractivity contribution in [1.29, 1.82) is 0 Å². The summed E-state index contributed by atoms with van der Waals surface area (Å²) in [4.78, 5) is 3.98. The van der Waals surface area contributed by atoms with Gasteiger partial charge in [0, 0.05) is 24.4 Å². The first-order chi connectivity index (χ1) is 13.3. The third kappa shape index (κ3) is 4.45. The van der Waals surface area contributed by atoms with E-state index in [1.54, 1.807) is 0 Å². The lowest BCUT2D eigenvalue weighted by Gasteiger charge is -2.09. The van der Waals surface area contributed by atoms with Gasteiger partial charge in [0.1, 0.15) is 16.5 Å². The van der Waals surface area contributed by atoms with Crippen LogP contribution in [-0.2, 0) is 16.4 Å². The monoisotopic (exact) mass is 408 g/mol. The molecule has 0 atom stereocenters. The van der Waals surface area contributed by atoms with E-state index in [9.17, 15) is 17.2 Å². The van der Waals surface area contributed by atoms with E-state index in [2.05, 4.69) is 20.2 Å². The Labute approximate surface area is 160 Å². The fraction of sp³-hybridized carbons (Fsp3) is 0.222. The van der Waals surface area contributed by atoms with Crippen molar-refractivity contribution in [2.24, 2.45) is 0 Å². The van der Waals surface area contributed by atoms with Crippen molar-refractivity contribution < 1.29 is 21.7 Å². The van der Waals surface area contributed by atoms with E-state index in [0.29, 0.717) is 18.8 Å². The number of sulfonamides is 1. The van der Waals surface area contributed by atoms with Crippen molar-refractivity contribution in [3.05, 3.63) is 65.2 Å². The minimum absolute atomic E-state index is 0.0828. The molecule has 0 aliphatic heterocycles. The van der Waals surface area contributed by atoms with Crippen LogP contribution in [0, 0.1) is 25.5 Å². The van der Waals surface area contributed by atoms with E-state index in [1.807, 2.05) is 13.8 Å². The zero-order valence-corrected chi connectivity index (χ0v) is 16.0. The van der Waals surface area contributed by atoms with Crippen LogP contribution in [0.2, 0.25) is 0 Å². The quantitative estimate of drug-likeness (QED) is 0.622. The van der Waals surface area contributed by atoms with Gasteiger partial charge < -0.3 is 9.84 Å². The van der Waals surface area contributed by atoms with E-state index in [-0.39, 0.29) is 10.6 Å². The normalized spacial score (nSPS) is 11.4. The molecule has 0 aliphatic rings. The predicted molar refractivity (Wildman–Crippen MR) is 99.6 cm³/mol. The van der Waals surface area contributed by atoms with Crippen LogP contribution in [0.25, 0.3) is 0 Å². The third-order valence-corrected chi connectivity index (χ3v) is 5.45. The molecule has 0 spiro atoms. The number of aryl methyl sites for hydroxylation is 2. The number of aromatic nitrogens is 2. The van der Waals surface area contributed by atoms with Crippen molar-refractivity contribution in [1.82, 2.24) is 10.1 Å². The van der Waals surface area contributed by atoms with Crippen molar-refractivity contribution in [2.45, 2.75) is 25.2 Å². The molecule has 0 saturated carbocycles. The van der Waals surface area contributed by atoms with Gasteiger partial charge in [0.15, 0.2) is 11.6 Å². The lowest BCUT2D eigenvalue weighted by atomic mass is 10.1. The zero-order chi connectivity index (χ0) is 20.3. The fourth-order valence-electron chi connectivity index (χ4n) is 2.59. The van der Waals surface area contributed by atoms with E-state index in [4.69, 9.17) is 4.52 Å². The van der Waals surface area contributed by atoms with Crippen molar-refractivity contribution in [3.8, 4) is 0 Å². The Hall–Kier alpha value is -3.01. The van der Waals surface area contributed by atoms with Gasteiger partial charge in [-0.15, -0.1) is 0 Å². The summed E-state index contributed by atoms with van der Waals surface area (Å²) in [6.07, 6.45) is 1.86. The van der Waals surface area contributed by atoms with Gasteiger partial charge in [-0.25, -0.2) is 22.2 Å². The van der Waals surface area contributed by atoms with Gasteiger partial charge >= 0.3 is 0 Å². The average Bonchev–Trinajstić information content (AvgIpc) is 2.97. The van der Waals surface area contributed by atoms with Gasteiger partial charge in [-0.3, -0.25) is 4.72 Å². The summed E-state index contributed by atoms with van der Waals surface area (Å²) in [6, 6.07) is 5.64. The molecule has 0 radical (unpaired) electrons. The van der Waals surface area contributed by atoms with Crippen molar-refractivity contribution >= 4 is 21.5 Å². The molecule has 0 saturated heterocycles. The summed E-state index contributed by atoms with van der Waals surface area (Å²) in [5, 5.41) is 6.98. The molecule has 0 bridgehead atoms. The van der Waals surface area contributed by atoms with E-state index in [1.165, 1.54) is 18.3 Å². The second-order valence-corrected chi connectivity index (χ2v) is 7.78.